The topological polar surface area (TPSA) is 64.6 Å². The van der Waals surface area contributed by atoms with Gasteiger partial charge in [0.05, 0.1) is 6.61 Å². The molecule has 0 spiro atoms. The Morgan fingerprint density at radius 2 is 1.83 bits per heavy atom. The Hall–Kier alpha value is -2.30. The maximum Gasteiger partial charge on any atom is 0.331 e. The largest absolute Gasteiger partial charge is 0.494 e. The standard InChI is InChI=1S/C18H25NO4/c1-6-22-15-10-7-14(8-11-15)9-12-16(20)23-13(2)17(21)19-18(3,4)5/h7-13H,6H2,1-5H3,(H,19,21)/b12-9+/t13-/m0/s1. The molecule has 5 heteroatoms. The van der Waals surface area contributed by atoms with E-state index in [-0.39, 0.29) is 11.4 Å². The highest BCUT2D eigenvalue weighted by molar-refractivity contribution is 5.90. The average molecular weight is 319 g/mol. The van der Waals surface area contributed by atoms with Gasteiger partial charge in [-0.3, -0.25) is 4.79 Å². The molecule has 1 atom stereocenters. The molecular formula is C18H25NO4. The first-order valence-electron chi connectivity index (χ1n) is 7.65. The maximum atomic E-state index is 11.8. The number of ether oxygens (including phenoxy) is 2. The maximum absolute atomic E-state index is 11.8. The van der Waals surface area contributed by atoms with E-state index in [4.69, 9.17) is 9.47 Å². The number of carbonyl (C=O) groups excluding carboxylic acids is 2. The van der Waals surface area contributed by atoms with Gasteiger partial charge in [0.25, 0.3) is 5.91 Å². The number of carbonyl (C=O) groups is 2. The van der Waals surface area contributed by atoms with Crippen molar-refractivity contribution < 1.29 is 19.1 Å². The van der Waals surface area contributed by atoms with Gasteiger partial charge < -0.3 is 14.8 Å². The lowest BCUT2D eigenvalue weighted by atomic mass is 10.1. The molecule has 1 aromatic carbocycles. The molecule has 0 radical (unpaired) electrons. The molecule has 0 unspecified atom stereocenters. The van der Waals surface area contributed by atoms with Gasteiger partial charge in [-0.05, 0) is 58.4 Å². The minimum atomic E-state index is -0.841. The Balaban J connectivity index is 2.53. The van der Waals surface area contributed by atoms with Crippen molar-refractivity contribution in [1.29, 1.82) is 0 Å². The van der Waals surface area contributed by atoms with Crippen LogP contribution in [-0.2, 0) is 14.3 Å². The van der Waals surface area contributed by atoms with Gasteiger partial charge in [-0.2, -0.15) is 0 Å². The molecule has 1 aromatic rings. The van der Waals surface area contributed by atoms with Crippen LogP contribution in [0.1, 0.15) is 40.2 Å². The SMILES string of the molecule is CCOc1ccc(/C=C/C(=O)O[C@@H](C)C(=O)NC(C)(C)C)cc1. The van der Waals surface area contributed by atoms with E-state index in [0.717, 1.165) is 11.3 Å². The lowest BCUT2D eigenvalue weighted by molar-refractivity contribution is -0.150. The van der Waals surface area contributed by atoms with E-state index in [2.05, 4.69) is 5.32 Å². The van der Waals surface area contributed by atoms with Crippen molar-refractivity contribution >= 4 is 18.0 Å². The first kappa shape index (κ1) is 18.7. The van der Waals surface area contributed by atoms with Crippen LogP contribution in [0.5, 0.6) is 5.75 Å². The highest BCUT2D eigenvalue weighted by Crippen LogP contribution is 2.13. The fourth-order valence-corrected chi connectivity index (χ4v) is 1.74. The van der Waals surface area contributed by atoms with E-state index in [1.807, 2.05) is 52.0 Å². The van der Waals surface area contributed by atoms with Crippen molar-refractivity contribution in [3.05, 3.63) is 35.9 Å². The van der Waals surface area contributed by atoms with Gasteiger partial charge in [0.1, 0.15) is 5.75 Å². The molecule has 0 aliphatic heterocycles. The fourth-order valence-electron chi connectivity index (χ4n) is 1.74. The van der Waals surface area contributed by atoms with Crippen LogP contribution in [0.15, 0.2) is 30.3 Å². The molecule has 5 nitrogen and oxygen atoms in total. The van der Waals surface area contributed by atoms with Crippen LogP contribution in [0.25, 0.3) is 6.08 Å². The second-order valence-corrected chi connectivity index (χ2v) is 6.15. The molecule has 0 heterocycles. The Morgan fingerprint density at radius 3 is 2.35 bits per heavy atom. The average Bonchev–Trinajstić information content (AvgIpc) is 2.45. The molecular weight excluding hydrogens is 294 g/mol. The molecule has 0 aliphatic carbocycles. The van der Waals surface area contributed by atoms with Crippen molar-refractivity contribution in [3.63, 3.8) is 0 Å². The zero-order valence-electron chi connectivity index (χ0n) is 14.4. The van der Waals surface area contributed by atoms with Crippen LogP contribution in [0.4, 0.5) is 0 Å². The number of nitrogens with one attached hydrogen (secondary N) is 1. The van der Waals surface area contributed by atoms with E-state index < -0.39 is 12.1 Å². The van der Waals surface area contributed by atoms with Crippen molar-refractivity contribution in [2.24, 2.45) is 0 Å². The molecule has 1 amide bonds. The molecule has 0 bridgehead atoms. The molecule has 0 aromatic heterocycles. The van der Waals surface area contributed by atoms with E-state index in [1.54, 1.807) is 13.0 Å². The first-order chi connectivity index (χ1) is 10.7. The number of amides is 1. The molecule has 1 N–H and O–H groups in total. The summed E-state index contributed by atoms with van der Waals surface area (Å²) in [6.45, 7) is 9.67. The summed E-state index contributed by atoms with van der Waals surface area (Å²) < 4.78 is 10.4. The monoisotopic (exact) mass is 319 g/mol. The van der Waals surface area contributed by atoms with Gasteiger partial charge in [0.15, 0.2) is 6.10 Å². The second kappa shape index (κ2) is 8.36. The van der Waals surface area contributed by atoms with Crippen molar-refractivity contribution in [1.82, 2.24) is 5.32 Å². The van der Waals surface area contributed by atoms with Gasteiger partial charge in [0, 0.05) is 11.6 Å². The van der Waals surface area contributed by atoms with Gasteiger partial charge in [-0.1, -0.05) is 12.1 Å². The summed E-state index contributed by atoms with van der Waals surface area (Å²) in [6, 6.07) is 7.33. The van der Waals surface area contributed by atoms with E-state index in [0.29, 0.717) is 6.61 Å². The van der Waals surface area contributed by atoms with E-state index in [9.17, 15) is 9.59 Å². The third-order valence-corrected chi connectivity index (χ3v) is 2.76. The Morgan fingerprint density at radius 1 is 1.22 bits per heavy atom. The summed E-state index contributed by atoms with van der Waals surface area (Å²) in [5.41, 5.74) is 0.479. The quantitative estimate of drug-likeness (QED) is 0.647. The van der Waals surface area contributed by atoms with Crippen LogP contribution < -0.4 is 10.1 Å². The van der Waals surface area contributed by atoms with Crippen LogP contribution in [-0.4, -0.2) is 30.1 Å². The summed E-state index contributed by atoms with van der Waals surface area (Å²) >= 11 is 0. The molecule has 0 aliphatic rings. The first-order valence-corrected chi connectivity index (χ1v) is 7.65. The van der Waals surface area contributed by atoms with Gasteiger partial charge in [-0.25, -0.2) is 4.79 Å². The third-order valence-electron chi connectivity index (χ3n) is 2.76. The van der Waals surface area contributed by atoms with E-state index >= 15 is 0 Å². The van der Waals surface area contributed by atoms with Gasteiger partial charge >= 0.3 is 5.97 Å². The summed E-state index contributed by atoms with van der Waals surface area (Å²) in [7, 11) is 0. The molecule has 126 valence electrons. The lowest BCUT2D eigenvalue weighted by Crippen LogP contribution is -2.46. The smallest absolute Gasteiger partial charge is 0.331 e. The highest BCUT2D eigenvalue weighted by atomic mass is 16.5. The van der Waals surface area contributed by atoms with Crippen molar-refractivity contribution in [3.8, 4) is 5.75 Å². The van der Waals surface area contributed by atoms with Crippen molar-refractivity contribution in [2.45, 2.75) is 46.3 Å². The van der Waals surface area contributed by atoms with E-state index in [1.165, 1.54) is 6.08 Å². The molecule has 0 saturated heterocycles. The zero-order chi connectivity index (χ0) is 17.5. The Bertz CT molecular complexity index is 555. The number of hydrogen-bond donors (Lipinski definition) is 1. The number of benzene rings is 1. The lowest BCUT2D eigenvalue weighted by Gasteiger charge is -2.22. The van der Waals surface area contributed by atoms with Crippen LogP contribution in [0, 0.1) is 0 Å². The summed E-state index contributed by atoms with van der Waals surface area (Å²) in [4.78, 5) is 23.6. The minimum Gasteiger partial charge on any atom is -0.494 e. The second-order valence-electron chi connectivity index (χ2n) is 6.15. The minimum absolute atomic E-state index is 0.319. The summed E-state index contributed by atoms with van der Waals surface area (Å²) in [5, 5.41) is 2.76. The Labute approximate surface area is 137 Å². The van der Waals surface area contributed by atoms with Crippen LogP contribution >= 0.6 is 0 Å². The van der Waals surface area contributed by atoms with Crippen molar-refractivity contribution in [2.75, 3.05) is 6.61 Å². The third kappa shape index (κ3) is 7.49. The van der Waals surface area contributed by atoms with Gasteiger partial charge in [-0.15, -0.1) is 0 Å². The number of hydrogen-bond acceptors (Lipinski definition) is 4. The molecule has 0 fully saturated rings. The highest BCUT2D eigenvalue weighted by Gasteiger charge is 2.21. The number of rotatable bonds is 6. The van der Waals surface area contributed by atoms with Crippen LogP contribution in [0.3, 0.4) is 0 Å². The van der Waals surface area contributed by atoms with Gasteiger partial charge in [0.2, 0.25) is 0 Å². The summed E-state index contributed by atoms with van der Waals surface area (Å²) in [6.07, 6.45) is 2.09. The molecule has 0 saturated carbocycles. The summed E-state index contributed by atoms with van der Waals surface area (Å²) in [5.74, 6) is -0.101. The normalized spacial score (nSPS) is 12.7. The molecule has 23 heavy (non-hydrogen) atoms. The fraction of sp³-hybridized carbons (Fsp3) is 0.444. The zero-order valence-corrected chi connectivity index (χ0v) is 14.4. The predicted molar refractivity (Wildman–Crippen MR) is 90.1 cm³/mol. The number of esters is 1. The Kier molecular flexibility index (Phi) is 6.82. The van der Waals surface area contributed by atoms with Crippen LogP contribution in [0.2, 0.25) is 0 Å². The molecule has 1 rings (SSSR count). The predicted octanol–water partition coefficient (Wildman–Crippen LogP) is 2.94.